The number of aromatic nitrogens is 4. The largest absolute Gasteiger partial charge is 0.458 e. The number of carbonyl (C=O) groups is 2. The van der Waals surface area contributed by atoms with Crippen LogP contribution in [-0.4, -0.2) is 75.4 Å². The molecule has 192 valence electrons. The molecule has 2 amide bonds. The van der Waals surface area contributed by atoms with E-state index in [1.54, 1.807) is 11.0 Å². The molecule has 3 atom stereocenters. The lowest BCUT2D eigenvalue weighted by Gasteiger charge is -2.32. The van der Waals surface area contributed by atoms with Gasteiger partial charge in [-0.3, -0.25) is 9.59 Å². The molecule has 3 aromatic heterocycles. The van der Waals surface area contributed by atoms with Gasteiger partial charge in [-0.25, -0.2) is 0 Å². The summed E-state index contributed by atoms with van der Waals surface area (Å²) in [5.41, 5.74) is 0. The average Bonchev–Trinajstić information content (AvgIpc) is 3.68. The molecule has 1 N–H and O–H groups in total. The van der Waals surface area contributed by atoms with Gasteiger partial charge in [-0.1, -0.05) is 6.07 Å². The van der Waals surface area contributed by atoms with E-state index in [9.17, 15) is 9.59 Å². The average molecular weight is 515 g/mol. The summed E-state index contributed by atoms with van der Waals surface area (Å²) in [5, 5.41) is 17.3. The van der Waals surface area contributed by atoms with Crippen LogP contribution < -0.4 is 5.32 Å². The highest BCUT2D eigenvalue weighted by molar-refractivity contribution is 7.10. The van der Waals surface area contributed by atoms with Crippen LogP contribution in [0.5, 0.6) is 0 Å². The Morgan fingerprint density at radius 3 is 2.67 bits per heavy atom. The Bertz CT molecular complexity index is 1150. The Morgan fingerprint density at radius 1 is 1.19 bits per heavy atom. The highest BCUT2D eigenvalue weighted by atomic mass is 32.1. The normalized spacial score (nSPS) is 20.5. The van der Waals surface area contributed by atoms with E-state index < -0.39 is 6.04 Å². The molecule has 11 nitrogen and oxygen atoms in total. The lowest BCUT2D eigenvalue weighted by molar-refractivity contribution is -0.143. The second-order valence-corrected chi connectivity index (χ2v) is 10.0. The number of nitrogens with zero attached hydrogens (tertiary/aromatic N) is 5. The predicted octanol–water partition coefficient (Wildman–Crippen LogP) is 2.35. The van der Waals surface area contributed by atoms with Gasteiger partial charge in [0, 0.05) is 31.2 Å². The van der Waals surface area contributed by atoms with Crippen LogP contribution in [0.1, 0.15) is 42.4 Å². The summed E-state index contributed by atoms with van der Waals surface area (Å²) in [7, 11) is 0. The molecule has 0 radical (unpaired) electrons. The summed E-state index contributed by atoms with van der Waals surface area (Å²) in [5.74, 6) is 0.972. The second kappa shape index (κ2) is 11.3. The number of carbonyl (C=O) groups excluding carboxylic acids is 2. The number of thiophene rings is 1. The van der Waals surface area contributed by atoms with E-state index in [0.717, 1.165) is 36.3 Å². The fourth-order valence-corrected chi connectivity index (χ4v) is 5.36. The Morgan fingerprint density at radius 2 is 2.00 bits per heavy atom. The number of ether oxygens (including phenoxy) is 2. The lowest BCUT2D eigenvalue weighted by Crippen LogP contribution is -2.48. The molecule has 0 aliphatic carbocycles. The van der Waals surface area contributed by atoms with Crippen LogP contribution in [0.4, 0.5) is 0 Å². The van der Waals surface area contributed by atoms with E-state index in [0.29, 0.717) is 37.9 Å². The van der Waals surface area contributed by atoms with Gasteiger partial charge in [0.25, 0.3) is 0 Å². The molecule has 0 saturated carbocycles. The van der Waals surface area contributed by atoms with Crippen LogP contribution in [0.15, 0.2) is 34.1 Å². The molecule has 0 bridgehead atoms. The first-order valence-electron chi connectivity index (χ1n) is 12.3. The maximum absolute atomic E-state index is 13.7. The van der Waals surface area contributed by atoms with Gasteiger partial charge in [-0.05, 0) is 61.4 Å². The molecular weight excluding hydrogens is 484 g/mol. The first-order chi connectivity index (χ1) is 17.6. The molecule has 0 aromatic carbocycles. The monoisotopic (exact) mass is 514 g/mol. The van der Waals surface area contributed by atoms with Crippen molar-refractivity contribution in [2.45, 2.75) is 57.4 Å². The minimum atomic E-state index is -0.793. The van der Waals surface area contributed by atoms with Crippen LogP contribution in [0.25, 0.3) is 11.6 Å². The zero-order valence-corrected chi connectivity index (χ0v) is 21.0. The van der Waals surface area contributed by atoms with E-state index >= 15 is 0 Å². The Hall–Kier alpha value is -3.09. The molecule has 5 rings (SSSR count). The van der Waals surface area contributed by atoms with Crippen molar-refractivity contribution in [3.8, 4) is 11.6 Å². The zero-order chi connectivity index (χ0) is 24.9. The first-order valence-corrected chi connectivity index (χ1v) is 13.1. The number of hydrogen-bond acceptors (Lipinski definition) is 9. The number of nitrogens with one attached hydrogen (secondary N) is 1. The molecule has 2 saturated heterocycles. The number of amides is 2. The van der Waals surface area contributed by atoms with E-state index in [2.05, 4.69) is 20.7 Å². The quantitative estimate of drug-likeness (QED) is 0.437. The molecule has 2 aliphatic rings. The molecule has 5 heterocycles. The predicted molar refractivity (Wildman–Crippen MR) is 130 cm³/mol. The van der Waals surface area contributed by atoms with Crippen molar-refractivity contribution < 1.29 is 23.5 Å². The molecule has 2 fully saturated rings. The minimum absolute atomic E-state index is 0.00302. The fourth-order valence-electron chi connectivity index (χ4n) is 4.52. The van der Waals surface area contributed by atoms with E-state index in [1.807, 2.05) is 30.5 Å². The maximum Gasteiger partial charge on any atom is 0.248 e. The highest BCUT2D eigenvalue weighted by Crippen LogP contribution is 2.28. The standard InChI is InChI=1S/C24H30N6O5S/c1-16-8-9-19(35-16)23-26-28-30(27-23)15-21(31)29(14-18-6-3-11-34-18)22(20-7-4-12-36-20)24(32)25-13-17-5-2-10-33-17/h4,7-9,12,17-18,22H,2-3,5-6,10-11,13-15H2,1H3,(H,25,32). The van der Waals surface area contributed by atoms with Gasteiger partial charge in [-0.15, -0.1) is 21.5 Å². The Kier molecular flexibility index (Phi) is 7.73. The van der Waals surface area contributed by atoms with E-state index in [-0.39, 0.29) is 30.6 Å². The number of rotatable bonds is 10. The Balaban J connectivity index is 1.36. The molecule has 3 aromatic rings. The third kappa shape index (κ3) is 5.82. The van der Waals surface area contributed by atoms with Crippen molar-refractivity contribution in [3.05, 3.63) is 40.3 Å². The lowest BCUT2D eigenvalue weighted by atomic mass is 10.1. The van der Waals surface area contributed by atoms with Crippen molar-refractivity contribution >= 4 is 23.2 Å². The van der Waals surface area contributed by atoms with Gasteiger partial charge in [0.1, 0.15) is 18.3 Å². The van der Waals surface area contributed by atoms with Gasteiger partial charge < -0.3 is 24.1 Å². The second-order valence-electron chi connectivity index (χ2n) is 9.03. The van der Waals surface area contributed by atoms with Crippen molar-refractivity contribution in [1.29, 1.82) is 0 Å². The summed E-state index contributed by atoms with van der Waals surface area (Å²) in [4.78, 5) is 30.8. The van der Waals surface area contributed by atoms with Crippen molar-refractivity contribution in [2.75, 3.05) is 26.3 Å². The summed E-state index contributed by atoms with van der Waals surface area (Å²) >= 11 is 1.44. The van der Waals surface area contributed by atoms with Gasteiger partial charge in [-0.2, -0.15) is 4.80 Å². The molecule has 3 unspecified atom stereocenters. The molecule has 36 heavy (non-hydrogen) atoms. The summed E-state index contributed by atoms with van der Waals surface area (Å²) < 4.78 is 17.1. The zero-order valence-electron chi connectivity index (χ0n) is 20.2. The van der Waals surface area contributed by atoms with Gasteiger partial charge in [0.05, 0.1) is 12.2 Å². The molecular formula is C24H30N6O5S. The molecule has 2 aliphatic heterocycles. The van der Waals surface area contributed by atoms with Gasteiger partial charge >= 0.3 is 0 Å². The van der Waals surface area contributed by atoms with Gasteiger partial charge in [0.2, 0.25) is 17.6 Å². The van der Waals surface area contributed by atoms with Crippen molar-refractivity contribution in [1.82, 2.24) is 30.4 Å². The topological polar surface area (TPSA) is 125 Å². The van der Waals surface area contributed by atoms with E-state index in [4.69, 9.17) is 13.9 Å². The maximum atomic E-state index is 13.7. The van der Waals surface area contributed by atoms with Crippen LogP contribution >= 0.6 is 11.3 Å². The number of aryl methyl sites for hydroxylation is 1. The van der Waals surface area contributed by atoms with Crippen LogP contribution in [0.3, 0.4) is 0 Å². The minimum Gasteiger partial charge on any atom is -0.458 e. The number of tetrazole rings is 1. The number of furan rings is 1. The third-order valence-electron chi connectivity index (χ3n) is 6.34. The third-order valence-corrected chi connectivity index (χ3v) is 7.26. The van der Waals surface area contributed by atoms with Crippen LogP contribution in [-0.2, 0) is 25.6 Å². The summed E-state index contributed by atoms with van der Waals surface area (Å²) in [6, 6.07) is 6.53. The smallest absolute Gasteiger partial charge is 0.248 e. The fraction of sp³-hybridized carbons (Fsp3) is 0.542. The molecule has 12 heteroatoms. The van der Waals surface area contributed by atoms with Crippen molar-refractivity contribution in [2.24, 2.45) is 0 Å². The van der Waals surface area contributed by atoms with E-state index in [1.165, 1.54) is 16.1 Å². The summed E-state index contributed by atoms with van der Waals surface area (Å²) in [6.07, 6.45) is 3.54. The van der Waals surface area contributed by atoms with Gasteiger partial charge in [0.15, 0.2) is 5.76 Å². The molecule has 0 spiro atoms. The number of hydrogen-bond donors (Lipinski definition) is 1. The SMILES string of the molecule is Cc1ccc(-c2nnn(CC(=O)N(CC3CCCO3)C(C(=O)NCC3CCCO3)c3cccs3)n2)o1. The Labute approximate surface area is 212 Å². The first kappa shape index (κ1) is 24.6. The highest BCUT2D eigenvalue weighted by Gasteiger charge is 2.35. The van der Waals surface area contributed by atoms with Crippen LogP contribution in [0, 0.1) is 6.92 Å². The summed E-state index contributed by atoms with van der Waals surface area (Å²) in [6.45, 7) is 3.74. The van der Waals surface area contributed by atoms with Crippen LogP contribution in [0.2, 0.25) is 0 Å². The van der Waals surface area contributed by atoms with Crippen molar-refractivity contribution in [3.63, 3.8) is 0 Å².